The highest BCUT2D eigenvalue weighted by molar-refractivity contribution is 5.94. The molecule has 0 saturated carbocycles. The summed E-state index contributed by atoms with van der Waals surface area (Å²) in [5, 5.41) is 34.8. The Labute approximate surface area is 195 Å². The van der Waals surface area contributed by atoms with E-state index in [0.717, 1.165) is 17.0 Å². The highest BCUT2D eigenvalue weighted by Gasteiger charge is 2.37. The van der Waals surface area contributed by atoms with E-state index in [0.29, 0.717) is 37.4 Å². The number of carbonyl (C=O) groups is 1. The van der Waals surface area contributed by atoms with E-state index in [4.69, 9.17) is 10.4 Å². The van der Waals surface area contributed by atoms with Gasteiger partial charge in [0.15, 0.2) is 6.35 Å². The van der Waals surface area contributed by atoms with Crippen molar-refractivity contribution in [3.8, 4) is 6.07 Å². The standard InChI is InChI=1S/C23H25FN8O2/c1-13-7-20-17(12-31(13)23(34)27-16-3-4-18(24)14(8-16)9-25)21-22(33)30(2)10-15(11-32(21)29-20)19-5-6-26-28-19/h3-6,8,13,15,23,27,34H,7,10-12H2,1-2H3,(H,26,28)/t13-,15-,23?/m1/s1. The summed E-state index contributed by atoms with van der Waals surface area (Å²) in [7, 11) is 1.78. The maximum absolute atomic E-state index is 13.7. The molecule has 11 heteroatoms. The minimum absolute atomic E-state index is 0.0349. The molecule has 176 valence electrons. The van der Waals surface area contributed by atoms with Crippen molar-refractivity contribution in [3.05, 3.63) is 64.5 Å². The van der Waals surface area contributed by atoms with Crippen LogP contribution in [0.1, 0.15) is 45.8 Å². The number of hydrogen-bond donors (Lipinski definition) is 3. The van der Waals surface area contributed by atoms with Gasteiger partial charge >= 0.3 is 0 Å². The Bertz CT molecular complexity index is 1260. The van der Waals surface area contributed by atoms with Gasteiger partial charge in [-0.25, -0.2) is 4.39 Å². The van der Waals surface area contributed by atoms with Crippen molar-refractivity contribution in [1.29, 1.82) is 5.26 Å². The lowest BCUT2D eigenvalue weighted by Gasteiger charge is -2.37. The highest BCUT2D eigenvalue weighted by Crippen LogP contribution is 2.31. The molecular formula is C23H25FN8O2. The number of carbonyl (C=O) groups excluding carboxylic acids is 1. The van der Waals surface area contributed by atoms with E-state index in [2.05, 4.69) is 15.5 Å². The average molecular weight is 465 g/mol. The maximum atomic E-state index is 13.7. The molecule has 3 N–H and O–H groups in total. The number of amides is 1. The normalized spacial score (nSPS) is 21.4. The first-order valence-corrected chi connectivity index (χ1v) is 11.1. The topological polar surface area (TPSA) is 126 Å². The van der Waals surface area contributed by atoms with Crippen LogP contribution in [0.5, 0.6) is 0 Å². The van der Waals surface area contributed by atoms with E-state index in [9.17, 15) is 14.3 Å². The molecule has 2 aromatic heterocycles. The smallest absolute Gasteiger partial charge is 0.272 e. The van der Waals surface area contributed by atoms with Crippen molar-refractivity contribution in [2.75, 3.05) is 18.9 Å². The molecule has 5 rings (SSSR count). The monoisotopic (exact) mass is 464 g/mol. The lowest BCUT2D eigenvalue weighted by atomic mass is 9.99. The zero-order chi connectivity index (χ0) is 24.0. The molecule has 1 unspecified atom stereocenters. The van der Waals surface area contributed by atoms with E-state index in [1.54, 1.807) is 28.9 Å². The van der Waals surface area contributed by atoms with Crippen LogP contribution >= 0.6 is 0 Å². The second kappa shape index (κ2) is 8.55. The van der Waals surface area contributed by atoms with Crippen molar-refractivity contribution in [2.45, 2.75) is 44.7 Å². The molecule has 2 aliphatic rings. The SMILES string of the molecule is C[C@@H]1Cc2nn3c(c2CN1C(O)Nc1ccc(F)c(C#N)c1)C(=O)N(C)C[C@@H](c1ccn[nH]1)C3. The summed E-state index contributed by atoms with van der Waals surface area (Å²) in [6, 6.07) is 7.66. The van der Waals surface area contributed by atoms with Gasteiger partial charge in [0.05, 0.1) is 17.8 Å². The van der Waals surface area contributed by atoms with Crippen molar-refractivity contribution in [2.24, 2.45) is 0 Å². The number of hydrogen-bond acceptors (Lipinski definition) is 7. The number of likely N-dealkylation sites (N-methyl/N-ethyl adjacent to an activating group) is 1. The van der Waals surface area contributed by atoms with Crippen LogP contribution in [-0.2, 0) is 19.5 Å². The van der Waals surface area contributed by atoms with E-state index in [-0.39, 0.29) is 23.4 Å². The van der Waals surface area contributed by atoms with Gasteiger partial charge in [-0.3, -0.25) is 19.5 Å². The molecule has 1 amide bonds. The third-order valence-electron chi connectivity index (χ3n) is 6.62. The first kappa shape index (κ1) is 22.1. The number of aliphatic hydroxyl groups is 1. The predicted molar refractivity (Wildman–Crippen MR) is 120 cm³/mol. The molecule has 0 spiro atoms. The summed E-state index contributed by atoms with van der Waals surface area (Å²) in [6.45, 7) is 3.38. The Balaban J connectivity index is 1.42. The van der Waals surface area contributed by atoms with E-state index in [1.165, 1.54) is 18.2 Å². The first-order valence-electron chi connectivity index (χ1n) is 11.1. The summed E-state index contributed by atoms with van der Waals surface area (Å²) in [4.78, 5) is 16.8. The molecule has 10 nitrogen and oxygen atoms in total. The molecule has 0 saturated heterocycles. The fourth-order valence-electron chi connectivity index (χ4n) is 4.80. The Morgan fingerprint density at radius 3 is 2.91 bits per heavy atom. The number of benzene rings is 1. The number of nitrogens with zero attached hydrogens (tertiary/aromatic N) is 6. The predicted octanol–water partition coefficient (Wildman–Crippen LogP) is 1.62. The number of anilines is 1. The molecule has 3 aromatic rings. The molecule has 0 aliphatic carbocycles. The number of halogens is 1. The number of fused-ring (bicyclic) bond motifs is 3. The van der Waals surface area contributed by atoms with Gasteiger partial charge in [0.25, 0.3) is 5.91 Å². The van der Waals surface area contributed by atoms with Crippen LogP contribution in [0, 0.1) is 17.1 Å². The number of nitriles is 1. The van der Waals surface area contributed by atoms with Gasteiger partial charge in [-0.05, 0) is 31.2 Å². The highest BCUT2D eigenvalue weighted by atomic mass is 19.1. The molecule has 0 radical (unpaired) electrons. The van der Waals surface area contributed by atoms with Gasteiger partial charge in [-0.1, -0.05) is 0 Å². The number of aromatic nitrogens is 4. The van der Waals surface area contributed by atoms with Gasteiger partial charge in [0.2, 0.25) is 0 Å². The fourth-order valence-corrected chi connectivity index (χ4v) is 4.80. The Hall–Kier alpha value is -3.75. The summed E-state index contributed by atoms with van der Waals surface area (Å²) in [5.41, 5.74) is 3.47. The van der Waals surface area contributed by atoms with Crippen molar-refractivity contribution in [1.82, 2.24) is 29.8 Å². The summed E-state index contributed by atoms with van der Waals surface area (Å²) in [6.07, 6.45) is 1.16. The van der Waals surface area contributed by atoms with E-state index < -0.39 is 12.2 Å². The van der Waals surface area contributed by atoms with Gasteiger partial charge in [0, 0.05) is 61.7 Å². The van der Waals surface area contributed by atoms with Crippen LogP contribution in [0.4, 0.5) is 10.1 Å². The second-order valence-corrected chi connectivity index (χ2v) is 8.90. The van der Waals surface area contributed by atoms with Crippen molar-refractivity contribution in [3.63, 3.8) is 0 Å². The zero-order valence-electron chi connectivity index (χ0n) is 18.9. The molecule has 2 aliphatic heterocycles. The van der Waals surface area contributed by atoms with Crippen LogP contribution in [0.2, 0.25) is 0 Å². The summed E-state index contributed by atoms with van der Waals surface area (Å²) in [5.74, 6) is -0.685. The number of aliphatic hydroxyl groups excluding tert-OH is 1. The maximum Gasteiger partial charge on any atom is 0.272 e. The molecule has 4 heterocycles. The molecule has 3 atom stereocenters. The third-order valence-corrected chi connectivity index (χ3v) is 6.62. The molecule has 1 aromatic carbocycles. The van der Waals surface area contributed by atoms with Crippen LogP contribution in [0.25, 0.3) is 0 Å². The average Bonchev–Trinajstić information content (AvgIpc) is 3.44. The lowest BCUT2D eigenvalue weighted by molar-refractivity contribution is -0.0123. The molecule has 0 fully saturated rings. The van der Waals surface area contributed by atoms with Gasteiger partial charge < -0.3 is 15.3 Å². The molecular weight excluding hydrogens is 439 g/mol. The minimum atomic E-state index is -1.10. The summed E-state index contributed by atoms with van der Waals surface area (Å²) < 4.78 is 15.4. The molecule has 34 heavy (non-hydrogen) atoms. The van der Waals surface area contributed by atoms with Crippen LogP contribution in [-0.4, -0.2) is 66.8 Å². The number of nitrogens with one attached hydrogen (secondary N) is 2. The van der Waals surface area contributed by atoms with Crippen molar-refractivity contribution >= 4 is 11.6 Å². The number of H-pyrrole nitrogens is 1. The van der Waals surface area contributed by atoms with E-state index >= 15 is 0 Å². The number of rotatable bonds is 4. The Kier molecular flexibility index (Phi) is 5.55. The van der Waals surface area contributed by atoms with Gasteiger partial charge in [-0.2, -0.15) is 15.5 Å². The molecule has 0 bridgehead atoms. The second-order valence-electron chi connectivity index (χ2n) is 8.90. The third kappa shape index (κ3) is 3.81. The summed E-state index contributed by atoms with van der Waals surface area (Å²) >= 11 is 0. The zero-order valence-corrected chi connectivity index (χ0v) is 18.9. The quantitative estimate of drug-likeness (QED) is 0.501. The van der Waals surface area contributed by atoms with Gasteiger partial charge in [-0.15, -0.1) is 0 Å². The van der Waals surface area contributed by atoms with Crippen molar-refractivity contribution < 1.29 is 14.3 Å². The van der Waals surface area contributed by atoms with Crippen LogP contribution < -0.4 is 5.32 Å². The lowest BCUT2D eigenvalue weighted by Crippen LogP contribution is -2.49. The van der Waals surface area contributed by atoms with E-state index in [1.807, 2.05) is 17.9 Å². The fraction of sp³-hybridized carbons (Fsp3) is 0.391. The Morgan fingerprint density at radius 2 is 2.18 bits per heavy atom. The Morgan fingerprint density at radius 1 is 1.35 bits per heavy atom. The minimum Gasteiger partial charge on any atom is -0.361 e. The number of aromatic amines is 1. The largest absolute Gasteiger partial charge is 0.361 e. The first-order chi connectivity index (χ1) is 16.4. The van der Waals surface area contributed by atoms with Gasteiger partial charge in [0.1, 0.15) is 17.6 Å². The van der Waals surface area contributed by atoms with Crippen LogP contribution in [0.3, 0.4) is 0 Å². The van der Waals surface area contributed by atoms with Crippen LogP contribution in [0.15, 0.2) is 30.5 Å².